The summed E-state index contributed by atoms with van der Waals surface area (Å²) in [5.41, 5.74) is 0.664. The van der Waals surface area contributed by atoms with Gasteiger partial charge in [-0.3, -0.25) is 0 Å². The molecule has 2 unspecified atom stereocenters. The lowest BCUT2D eigenvalue weighted by Crippen LogP contribution is -2.43. The number of ether oxygens (including phenoxy) is 3. The Kier molecular flexibility index (Phi) is 5.46. The number of benzene rings is 2. The van der Waals surface area contributed by atoms with E-state index in [9.17, 15) is 14.4 Å². The van der Waals surface area contributed by atoms with Crippen molar-refractivity contribution in [1.29, 1.82) is 0 Å². The smallest absolute Gasteiger partial charge is 0.338 e. The quantitative estimate of drug-likeness (QED) is 0.445. The van der Waals surface area contributed by atoms with Gasteiger partial charge >= 0.3 is 17.9 Å². The van der Waals surface area contributed by atoms with Crippen LogP contribution in [-0.2, 0) is 19.0 Å². The second-order valence-electron chi connectivity index (χ2n) is 6.18. The Balaban J connectivity index is 1.70. The van der Waals surface area contributed by atoms with Gasteiger partial charge in [-0.25, -0.2) is 14.4 Å². The number of carbonyl (C=O) groups excluding carboxylic acids is 3. The minimum Gasteiger partial charge on any atom is -0.458 e. The number of alkyl halides is 1. The predicted octanol–water partition coefficient (Wildman–Crippen LogP) is 2.99. The monoisotopic (exact) mass is 388 g/mol. The summed E-state index contributed by atoms with van der Waals surface area (Å²) in [6.07, 6.45) is -2.11. The third kappa shape index (κ3) is 4.11. The van der Waals surface area contributed by atoms with E-state index >= 15 is 0 Å². The summed E-state index contributed by atoms with van der Waals surface area (Å²) < 4.78 is 15.8. The summed E-state index contributed by atoms with van der Waals surface area (Å²) in [5, 5.41) is 0. The van der Waals surface area contributed by atoms with Crippen LogP contribution in [0.3, 0.4) is 0 Å². The van der Waals surface area contributed by atoms with Crippen LogP contribution in [0.25, 0.3) is 0 Å². The summed E-state index contributed by atoms with van der Waals surface area (Å²) in [5.74, 6) is -1.97. The van der Waals surface area contributed by atoms with E-state index in [1.54, 1.807) is 60.7 Å². The molecule has 6 nitrogen and oxygen atoms in total. The molecule has 140 valence electrons. The van der Waals surface area contributed by atoms with E-state index < -0.39 is 35.0 Å². The molecule has 0 radical (unpaired) electrons. The Morgan fingerprint density at radius 2 is 1.52 bits per heavy atom. The van der Waals surface area contributed by atoms with E-state index in [-0.39, 0.29) is 6.61 Å². The summed E-state index contributed by atoms with van der Waals surface area (Å²) in [4.78, 5) is 34.9. The van der Waals surface area contributed by atoms with Crippen molar-refractivity contribution in [3.05, 3.63) is 71.8 Å². The molecule has 1 aliphatic rings. The molecule has 3 atom stereocenters. The van der Waals surface area contributed by atoms with Crippen molar-refractivity contribution in [3.8, 4) is 0 Å². The molecule has 0 saturated carbocycles. The highest BCUT2D eigenvalue weighted by molar-refractivity contribution is 6.35. The van der Waals surface area contributed by atoms with Gasteiger partial charge in [0.2, 0.25) is 0 Å². The molecule has 7 heteroatoms. The first-order chi connectivity index (χ1) is 12.9. The van der Waals surface area contributed by atoms with Crippen molar-refractivity contribution in [3.63, 3.8) is 0 Å². The summed E-state index contributed by atoms with van der Waals surface area (Å²) >= 11 is 6.25. The van der Waals surface area contributed by atoms with Crippen molar-refractivity contribution in [2.45, 2.75) is 24.0 Å². The van der Waals surface area contributed by atoms with E-state index in [1.165, 1.54) is 6.92 Å². The molecule has 1 heterocycles. The third-order valence-electron chi connectivity index (χ3n) is 4.16. The topological polar surface area (TPSA) is 78.9 Å². The van der Waals surface area contributed by atoms with Gasteiger partial charge in [-0.2, -0.15) is 0 Å². The fourth-order valence-corrected chi connectivity index (χ4v) is 2.89. The largest absolute Gasteiger partial charge is 0.458 e. The standard InChI is InChI=1S/C20H17ClO6/c1-20(21)16(27-18(23)14-10-6-3-7-11-14)15(26-19(20)24)12-25-17(22)13-8-4-2-5-9-13/h2-11,15-16H,12H2,1H3/t15?,16?,20-/m1/s1. The molecule has 2 aromatic rings. The van der Waals surface area contributed by atoms with E-state index in [1.807, 2.05) is 0 Å². The molecule has 0 amide bonds. The Morgan fingerprint density at radius 3 is 2.07 bits per heavy atom. The molecule has 0 aliphatic carbocycles. The predicted molar refractivity (Wildman–Crippen MR) is 96.5 cm³/mol. The van der Waals surface area contributed by atoms with Crippen molar-refractivity contribution < 1.29 is 28.6 Å². The van der Waals surface area contributed by atoms with E-state index in [0.717, 1.165) is 0 Å². The highest BCUT2D eigenvalue weighted by Crippen LogP contribution is 2.35. The van der Waals surface area contributed by atoms with Crippen molar-refractivity contribution in [2.75, 3.05) is 6.61 Å². The number of hydrogen-bond acceptors (Lipinski definition) is 6. The Morgan fingerprint density at radius 1 is 1.00 bits per heavy atom. The van der Waals surface area contributed by atoms with Crippen LogP contribution < -0.4 is 0 Å². The molecule has 2 aromatic carbocycles. The van der Waals surface area contributed by atoms with Crippen LogP contribution in [0.15, 0.2) is 60.7 Å². The van der Waals surface area contributed by atoms with E-state index in [0.29, 0.717) is 11.1 Å². The number of carbonyl (C=O) groups is 3. The second kappa shape index (κ2) is 7.80. The van der Waals surface area contributed by atoms with Gasteiger partial charge < -0.3 is 14.2 Å². The van der Waals surface area contributed by atoms with Crippen molar-refractivity contribution >= 4 is 29.5 Å². The Bertz CT molecular complexity index is 834. The summed E-state index contributed by atoms with van der Waals surface area (Å²) in [6, 6.07) is 16.7. The van der Waals surface area contributed by atoms with Crippen LogP contribution in [0, 0.1) is 0 Å². The molecular weight excluding hydrogens is 372 g/mol. The Labute approximate surface area is 161 Å². The van der Waals surface area contributed by atoms with Crippen LogP contribution >= 0.6 is 11.6 Å². The van der Waals surface area contributed by atoms with Crippen LogP contribution in [0.2, 0.25) is 0 Å². The average molecular weight is 389 g/mol. The number of halogens is 1. The molecule has 0 aromatic heterocycles. The normalized spacial score (nSPS) is 24.1. The first-order valence-electron chi connectivity index (χ1n) is 8.28. The lowest BCUT2D eigenvalue weighted by molar-refractivity contribution is -0.144. The molecule has 1 fully saturated rings. The molecular formula is C20H17ClO6. The maximum absolute atomic E-state index is 12.3. The zero-order valence-corrected chi connectivity index (χ0v) is 15.2. The number of rotatable bonds is 5. The van der Waals surface area contributed by atoms with Crippen LogP contribution in [0.4, 0.5) is 0 Å². The maximum atomic E-state index is 12.3. The molecule has 0 spiro atoms. The summed E-state index contributed by atoms with van der Waals surface area (Å²) in [7, 11) is 0. The zero-order chi connectivity index (χ0) is 19.4. The fourth-order valence-electron chi connectivity index (χ4n) is 2.66. The van der Waals surface area contributed by atoms with Crippen molar-refractivity contribution in [2.24, 2.45) is 0 Å². The second-order valence-corrected chi connectivity index (χ2v) is 6.96. The minimum absolute atomic E-state index is 0.283. The van der Waals surface area contributed by atoms with Crippen LogP contribution in [-0.4, -0.2) is 41.6 Å². The molecule has 0 bridgehead atoms. The van der Waals surface area contributed by atoms with Gasteiger partial charge in [0.05, 0.1) is 11.1 Å². The van der Waals surface area contributed by atoms with Gasteiger partial charge in [-0.05, 0) is 31.2 Å². The maximum Gasteiger partial charge on any atom is 0.338 e. The molecule has 27 heavy (non-hydrogen) atoms. The van der Waals surface area contributed by atoms with Gasteiger partial charge in [0.15, 0.2) is 17.1 Å². The molecule has 0 N–H and O–H groups in total. The molecule has 1 aliphatic heterocycles. The first-order valence-corrected chi connectivity index (χ1v) is 8.65. The average Bonchev–Trinajstić information content (AvgIpc) is 2.90. The minimum atomic E-state index is -1.58. The van der Waals surface area contributed by atoms with Gasteiger partial charge in [-0.1, -0.05) is 36.4 Å². The van der Waals surface area contributed by atoms with Gasteiger partial charge in [0.1, 0.15) is 6.61 Å². The highest BCUT2D eigenvalue weighted by Gasteiger charge is 2.56. The first kappa shape index (κ1) is 18.9. The van der Waals surface area contributed by atoms with Crippen LogP contribution in [0.5, 0.6) is 0 Å². The van der Waals surface area contributed by atoms with Crippen molar-refractivity contribution in [1.82, 2.24) is 0 Å². The number of hydrogen-bond donors (Lipinski definition) is 0. The zero-order valence-electron chi connectivity index (χ0n) is 14.5. The van der Waals surface area contributed by atoms with E-state index in [2.05, 4.69) is 0 Å². The number of esters is 3. The summed E-state index contributed by atoms with van der Waals surface area (Å²) in [6.45, 7) is 1.12. The Hall–Kier alpha value is -2.86. The fraction of sp³-hybridized carbons (Fsp3) is 0.250. The lowest BCUT2D eigenvalue weighted by atomic mass is 10.0. The number of cyclic esters (lactones) is 1. The molecule has 1 saturated heterocycles. The highest BCUT2D eigenvalue weighted by atomic mass is 35.5. The van der Waals surface area contributed by atoms with Gasteiger partial charge in [0, 0.05) is 0 Å². The molecule has 3 rings (SSSR count). The van der Waals surface area contributed by atoms with Gasteiger partial charge in [0.25, 0.3) is 0 Å². The van der Waals surface area contributed by atoms with E-state index in [4.69, 9.17) is 25.8 Å². The third-order valence-corrected chi connectivity index (χ3v) is 4.53. The SMILES string of the molecule is C[C@]1(Cl)C(=O)OC(COC(=O)c2ccccc2)C1OC(=O)c1ccccc1. The van der Waals surface area contributed by atoms with Crippen LogP contribution in [0.1, 0.15) is 27.6 Å². The lowest BCUT2D eigenvalue weighted by Gasteiger charge is -2.23. The van der Waals surface area contributed by atoms with Gasteiger partial charge in [-0.15, -0.1) is 11.6 Å².